The highest BCUT2D eigenvalue weighted by atomic mass is 15.1. The van der Waals surface area contributed by atoms with Gasteiger partial charge in [-0.15, -0.1) is 0 Å². The van der Waals surface area contributed by atoms with Crippen LogP contribution < -0.4 is 0 Å². The number of nitrogens with zero attached hydrogens (tertiary/aromatic N) is 6. The fourth-order valence-corrected chi connectivity index (χ4v) is 8.74. The van der Waals surface area contributed by atoms with E-state index in [9.17, 15) is 0 Å². The topological polar surface area (TPSA) is 74.2 Å². The summed E-state index contributed by atoms with van der Waals surface area (Å²) in [5.74, 6) is 0. The third kappa shape index (κ3) is 26.1. The second kappa shape index (κ2) is 36.8. The summed E-state index contributed by atoms with van der Waals surface area (Å²) in [5, 5.41) is 27.8. The summed E-state index contributed by atoms with van der Waals surface area (Å²) in [5.41, 5.74) is 8.54. The zero-order valence-corrected chi connectivity index (χ0v) is 42.2. The predicted octanol–water partition coefficient (Wildman–Crippen LogP) is 22.3. The maximum absolute atomic E-state index is 4.64. The van der Waals surface area contributed by atoms with E-state index in [0.29, 0.717) is 17.1 Å². The number of rotatable bonds is 39. The lowest BCUT2D eigenvalue weighted by Crippen LogP contribution is -1.86. The van der Waals surface area contributed by atoms with Crippen molar-refractivity contribution in [2.24, 2.45) is 30.7 Å². The van der Waals surface area contributed by atoms with Crippen LogP contribution in [0.4, 0.5) is 34.1 Å². The van der Waals surface area contributed by atoms with E-state index < -0.39 is 0 Å². The highest BCUT2D eigenvalue weighted by molar-refractivity contribution is 5.61. The van der Waals surface area contributed by atoms with Crippen molar-refractivity contribution in [3.8, 4) is 0 Å². The van der Waals surface area contributed by atoms with Gasteiger partial charge in [0.05, 0.1) is 34.1 Å². The van der Waals surface area contributed by atoms with Gasteiger partial charge in [-0.25, -0.2) is 0 Å². The largest absolute Gasteiger partial charge is 0.151 e. The third-order valence-electron chi connectivity index (χ3n) is 13.0. The highest BCUT2D eigenvalue weighted by Crippen LogP contribution is 2.32. The molecule has 0 aliphatic rings. The van der Waals surface area contributed by atoms with E-state index in [2.05, 4.69) is 124 Å². The number of hydrogen-bond acceptors (Lipinski definition) is 6. The molecule has 0 radical (unpaired) electrons. The summed E-state index contributed by atoms with van der Waals surface area (Å²) < 4.78 is 0. The van der Waals surface area contributed by atoms with E-state index in [1.807, 2.05) is 18.2 Å². The van der Waals surface area contributed by atoms with Gasteiger partial charge < -0.3 is 0 Å². The van der Waals surface area contributed by atoms with Crippen molar-refractivity contribution in [3.05, 3.63) is 108 Å². The molecule has 4 aromatic rings. The van der Waals surface area contributed by atoms with Crippen molar-refractivity contribution in [3.63, 3.8) is 0 Å². The van der Waals surface area contributed by atoms with Crippen molar-refractivity contribution in [1.82, 2.24) is 0 Å². The minimum absolute atomic E-state index is 0.661. The van der Waals surface area contributed by atoms with E-state index in [0.717, 1.165) is 36.3 Å². The first-order valence-electron chi connectivity index (χ1n) is 27.3. The maximum Gasteiger partial charge on any atom is 0.0901 e. The smallest absolute Gasteiger partial charge is 0.0901 e. The molecular weight excluding hydrogens is 805 g/mol. The fourth-order valence-electron chi connectivity index (χ4n) is 8.74. The summed E-state index contributed by atoms with van der Waals surface area (Å²) in [7, 11) is 0. The van der Waals surface area contributed by atoms with Gasteiger partial charge in [-0.05, 0) is 110 Å². The predicted molar refractivity (Wildman–Crippen MR) is 285 cm³/mol. The van der Waals surface area contributed by atoms with Gasteiger partial charge in [-0.2, -0.15) is 30.7 Å². The SMILES string of the molecule is CCCCCCCCCCCCc1ccc(N=Nc2cc(N=Nc3ccc(CCCCCCCCCCCC)cc3)cc(N=Nc3ccc(CCCCCCCCCCCC)cc3)c2)cc1. The molecule has 66 heavy (non-hydrogen) atoms. The first-order chi connectivity index (χ1) is 32.6. The van der Waals surface area contributed by atoms with Crippen molar-refractivity contribution >= 4 is 34.1 Å². The van der Waals surface area contributed by atoms with Gasteiger partial charge in [0, 0.05) is 0 Å². The quantitative estimate of drug-likeness (QED) is 0.0316. The Morgan fingerprint density at radius 2 is 0.394 bits per heavy atom. The van der Waals surface area contributed by atoms with Crippen LogP contribution in [0.15, 0.2) is 122 Å². The van der Waals surface area contributed by atoms with Gasteiger partial charge >= 0.3 is 0 Å². The molecule has 0 bridgehead atoms. The molecule has 4 rings (SSSR count). The number of azo groups is 3. The van der Waals surface area contributed by atoms with Crippen molar-refractivity contribution in [1.29, 1.82) is 0 Å². The molecule has 0 aliphatic carbocycles. The molecule has 0 N–H and O–H groups in total. The van der Waals surface area contributed by atoms with E-state index in [4.69, 9.17) is 0 Å². The molecule has 0 atom stereocenters. The molecule has 0 fully saturated rings. The molecule has 0 saturated heterocycles. The second-order valence-electron chi connectivity index (χ2n) is 19.1. The lowest BCUT2D eigenvalue weighted by Gasteiger charge is -2.04. The number of aryl methyl sites for hydroxylation is 3. The molecule has 0 saturated carbocycles. The Bertz CT molecular complexity index is 1630. The molecule has 0 heterocycles. The number of hydrogen-bond donors (Lipinski definition) is 0. The number of benzene rings is 4. The molecule has 0 spiro atoms. The van der Waals surface area contributed by atoms with Gasteiger partial charge in [0.2, 0.25) is 0 Å². The van der Waals surface area contributed by atoms with Crippen LogP contribution in [-0.4, -0.2) is 0 Å². The van der Waals surface area contributed by atoms with E-state index in [1.165, 1.54) is 209 Å². The Labute approximate surface area is 403 Å². The lowest BCUT2D eigenvalue weighted by molar-refractivity contribution is 0.556. The Balaban J connectivity index is 1.31. The average Bonchev–Trinajstić information content (AvgIpc) is 3.35. The Hall–Kier alpha value is -4.32. The number of unbranched alkanes of at least 4 members (excludes halogenated alkanes) is 27. The van der Waals surface area contributed by atoms with Gasteiger partial charge in [-0.3, -0.25) is 0 Å². The van der Waals surface area contributed by atoms with Gasteiger partial charge in [0.1, 0.15) is 0 Å². The summed E-state index contributed by atoms with van der Waals surface area (Å²) in [6.45, 7) is 6.86. The average molecular weight is 895 g/mol. The molecule has 360 valence electrons. The highest BCUT2D eigenvalue weighted by Gasteiger charge is 2.04. The standard InChI is InChI=1S/C60H90N6/c1-4-7-10-13-16-19-22-25-28-31-34-52-37-43-55(44-38-52)61-64-58-49-59(65-62-56-45-39-53(40-46-56)35-32-29-26-23-20-17-14-11-8-5-2)51-60(50-58)66-63-57-47-41-54(42-48-57)36-33-30-27-24-21-18-15-12-9-6-3/h37-51H,4-36H2,1-3H3. The van der Waals surface area contributed by atoms with Crippen molar-refractivity contribution in [2.75, 3.05) is 0 Å². The molecule has 4 aromatic carbocycles. The Morgan fingerprint density at radius 3 is 0.606 bits per heavy atom. The maximum atomic E-state index is 4.64. The summed E-state index contributed by atoms with van der Waals surface area (Å²) >= 11 is 0. The Kier molecular flexibility index (Phi) is 30.2. The van der Waals surface area contributed by atoms with Gasteiger partial charge in [0.25, 0.3) is 0 Å². The Morgan fingerprint density at radius 1 is 0.212 bits per heavy atom. The molecule has 0 amide bonds. The summed E-state index contributed by atoms with van der Waals surface area (Å²) in [4.78, 5) is 0. The van der Waals surface area contributed by atoms with Crippen LogP contribution in [-0.2, 0) is 19.3 Å². The third-order valence-corrected chi connectivity index (χ3v) is 13.0. The zero-order chi connectivity index (χ0) is 46.4. The summed E-state index contributed by atoms with van der Waals surface area (Å²) in [6, 6.07) is 31.3. The van der Waals surface area contributed by atoms with Crippen LogP contribution in [0, 0.1) is 0 Å². The lowest BCUT2D eigenvalue weighted by atomic mass is 10.0. The van der Waals surface area contributed by atoms with Crippen LogP contribution in [0.25, 0.3) is 0 Å². The minimum Gasteiger partial charge on any atom is -0.151 e. The first kappa shape index (κ1) is 54.3. The molecule has 0 unspecified atom stereocenters. The summed E-state index contributed by atoms with van der Waals surface area (Å²) in [6.07, 6.45) is 44.0. The van der Waals surface area contributed by atoms with Crippen LogP contribution in [0.5, 0.6) is 0 Å². The van der Waals surface area contributed by atoms with Crippen LogP contribution >= 0.6 is 0 Å². The molecule has 0 aromatic heterocycles. The zero-order valence-electron chi connectivity index (χ0n) is 42.2. The molecule has 6 nitrogen and oxygen atoms in total. The minimum atomic E-state index is 0.661. The fraction of sp³-hybridized carbons (Fsp3) is 0.600. The van der Waals surface area contributed by atoms with Crippen molar-refractivity contribution < 1.29 is 0 Å². The van der Waals surface area contributed by atoms with Crippen molar-refractivity contribution in [2.45, 2.75) is 233 Å². The molecule has 6 heteroatoms. The van der Waals surface area contributed by atoms with Crippen LogP contribution in [0.1, 0.15) is 230 Å². The normalized spacial score (nSPS) is 11.9. The van der Waals surface area contributed by atoms with E-state index >= 15 is 0 Å². The first-order valence-corrected chi connectivity index (χ1v) is 27.3. The van der Waals surface area contributed by atoms with Crippen LogP contribution in [0.2, 0.25) is 0 Å². The van der Waals surface area contributed by atoms with E-state index in [1.54, 1.807) is 0 Å². The van der Waals surface area contributed by atoms with Gasteiger partial charge in [-0.1, -0.05) is 231 Å². The van der Waals surface area contributed by atoms with E-state index in [-0.39, 0.29) is 0 Å². The second-order valence-corrected chi connectivity index (χ2v) is 19.1. The van der Waals surface area contributed by atoms with Gasteiger partial charge in [0.15, 0.2) is 0 Å². The molecule has 0 aliphatic heterocycles. The van der Waals surface area contributed by atoms with Crippen LogP contribution in [0.3, 0.4) is 0 Å². The molecular formula is C60H90N6. The monoisotopic (exact) mass is 895 g/mol.